The molecular formula is C17H21ClN2O4. The molecule has 0 unspecified atom stereocenters. The smallest absolute Gasteiger partial charge is 0.407 e. The van der Waals surface area contributed by atoms with Crippen molar-refractivity contribution < 1.29 is 19.4 Å². The predicted molar refractivity (Wildman–Crippen MR) is 93.4 cm³/mol. The molecule has 1 aromatic carbocycles. The van der Waals surface area contributed by atoms with Gasteiger partial charge in [-0.2, -0.15) is 0 Å². The zero-order valence-corrected chi connectivity index (χ0v) is 14.3. The highest BCUT2D eigenvalue weighted by Gasteiger charge is 2.22. The Labute approximate surface area is 146 Å². The van der Waals surface area contributed by atoms with Crippen LogP contribution in [0.1, 0.15) is 25.3 Å². The number of likely N-dealkylation sites (tertiary alicyclic amines) is 1. The Morgan fingerprint density at radius 3 is 2.75 bits per heavy atom. The number of hydrogen-bond acceptors (Lipinski definition) is 4. The second-order valence-corrected chi connectivity index (χ2v) is 5.94. The van der Waals surface area contributed by atoms with Gasteiger partial charge < -0.3 is 20.1 Å². The Kier molecular flexibility index (Phi) is 6.49. The summed E-state index contributed by atoms with van der Waals surface area (Å²) in [5.41, 5.74) is 1.64. The van der Waals surface area contributed by atoms with Crippen LogP contribution in [0.3, 0.4) is 0 Å². The Balaban J connectivity index is 2.05. The fraction of sp³-hybridized carbons (Fsp3) is 0.412. The first-order valence-corrected chi connectivity index (χ1v) is 8.26. The van der Waals surface area contributed by atoms with E-state index >= 15 is 0 Å². The van der Waals surface area contributed by atoms with Crippen molar-refractivity contribution in [1.29, 1.82) is 0 Å². The lowest BCUT2D eigenvalue weighted by Gasteiger charge is -2.31. The number of halogens is 1. The molecule has 2 N–H and O–H groups in total. The standard InChI is InChI=1S/C17H21ClN2O4/c1-2-24-16(21)6-3-12-11-13(18)4-5-15(12)19-14-7-9-20(10-8-14)17(22)23/h3-6,11,14,19H,2,7-10H2,1H3,(H,22,23). The van der Waals surface area contributed by atoms with Gasteiger partial charge in [-0.15, -0.1) is 0 Å². The average Bonchev–Trinajstić information content (AvgIpc) is 2.56. The summed E-state index contributed by atoms with van der Waals surface area (Å²) >= 11 is 6.04. The van der Waals surface area contributed by atoms with E-state index in [9.17, 15) is 9.59 Å². The molecule has 1 aliphatic rings. The number of benzene rings is 1. The fourth-order valence-corrected chi connectivity index (χ4v) is 2.77. The van der Waals surface area contributed by atoms with Crippen LogP contribution in [-0.4, -0.2) is 47.8 Å². The SMILES string of the molecule is CCOC(=O)C=Cc1cc(Cl)ccc1NC1CCN(C(=O)O)CC1. The zero-order chi connectivity index (χ0) is 17.5. The number of rotatable bonds is 5. The van der Waals surface area contributed by atoms with Crippen LogP contribution in [0.4, 0.5) is 10.5 Å². The molecule has 0 bridgehead atoms. The van der Waals surface area contributed by atoms with Crippen LogP contribution in [-0.2, 0) is 9.53 Å². The van der Waals surface area contributed by atoms with Gasteiger partial charge in [0.1, 0.15) is 0 Å². The molecule has 130 valence electrons. The molecule has 6 nitrogen and oxygen atoms in total. The van der Waals surface area contributed by atoms with Crippen LogP contribution in [0, 0.1) is 0 Å². The first-order valence-electron chi connectivity index (χ1n) is 7.88. The lowest BCUT2D eigenvalue weighted by molar-refractivity contribution is -0.137. The largest absolute Gasteiger partial charge is 0.465 e. The Morgan fingerprint density at radius 1 is 1.42 bits per heavy atom. The van der Waals surface area contributed by atoms with Gasteiger partial charge in [0, 0.05) is 35.9 Å². The minimum Gasteiger partial charge on any atom is -0.465 e. The van der Waals surface area contributed by atoms with Crippen molar-refractivity contribution in [2.75, 3.05) is 25.0 Å². The highest BCUT2D eigenvalue weighted by molar-refractivity contribution is 6.30. The topological polar surface area (TPSA) is 78.9 Å². The van der Waals surface area contributed by atoms with Gasteiger partial charge in [-0.25, -0.2) is 9.59 Å². The summed E-state index contributed by atoms with van der Waals surface area (Å²) in [5.74, 6) is -0.404. The van der Waals surface area contributed by atoms with Crippen LogP contribution in [0.5, 0.6) is 0 Å². The van der Waals surface area contributed by atoms with E-state index in [1.54, 1.807) is 25.1 Å². The molecule has 0 spiro atoms. The van der Waals surface area contributed by atoms with Crippen molar-refractivity contribution in [2.45, 2.75) is 25.8 Å². The van der Waals surface area contributed by atoms with E-state index in [1.807, 2.05) is 6.07 Å². The van der Waals surface area contributed by atoms with Gasteiger partial charge in [0.15, 0.2) is 0 Å². The average molecular weight is 353 g/mol. The monoisotopic (exact) mass is 352 g/mol. The molecule has 0 aromatic heterocycles. The molecule has 1 aliphatic heterocycles. The van der Waals surface area contributed by atoms with E-state index in [0.29, 0.717) is 24.7 Å². The quantitative estimate of drug-likeness (QED) is 0.626. The molecule has 24 heavy (non-hydrogen) atoms. The second-order valence-electron chi connectivity index (χ2n) is 5.51. The summed E-state index contributed by atoms with van der Waals surface area (Å²) in [6.07, 6.45) is 3.62. The molecule has 2 rings (SSSR count). The normalized spacial score (nSPS) is 15.5. The van der Waals surface area contributed by atoms with Crippen LogP contribution in [0.15, 0.2) is 24.3 Å². The van der Waals surface area contributed by atoms with Crippen molar-refractivity contribution in [3.8, 4) is 0 Å². The molecule has 1 amide bonds. The van der Waals surface area contributed by atoms with Gasteiger partial charge in [-0.1, -0.05) is 11.6 Å². The number of esters is 1. The van der Waals surface area contributed by atoms with Crippen LogP contribution in [0.2, 0.25) is 5.02 Å². The van der Waals surface area contributed by atoms with Crippen molar-refractivity contribution in [2.24, 2.45) is 0 Å². The maximum Gasteiger partial charge on any atom is 0.407 e. The van der Waals surface area contributed by atoms with Gasteiger partial charge in [-0.3, -0.25) is 0 Å². The molecule has 1 heterocycles. The van der Waals surface area contributed by atoms with E-state index in [4.69, 9.17) is 21.4 Å². The van der Waals surface area contributed by atoms with Crippen molar-refractivity contribution >= 4 is 35.4 Å². The van der Waals surface area contributed by atoms with Crippen LogP contribution >= 0.6 is 11.6 Å². The zero-order valence-electron chi connectivity index (χ0n) is 13.5. The lowest BCUT2D eigenvalue weighted by atomic mass is 10.0. The van der Waals surface area contributed by atoms with E-state index in [0.717, 1.165) is 24.1 Å². The Hall–Kier alpha value is -2.21. The first-order chi connectivity index (χ1) is 11.5. The molecule has 7 heteroatoms. The van der Waals surface area contributed by atoms with Gasteiger partial charge in [-0.05, 0) is 49.6 Å². The fourth-order valence-electron chi connectivity index (χ4n) is 2.59. The summed E-state index contributed by atoms with van der Waals surface area (Å²) in [6, 6.07) is 5.58. The molecular weight excluding hydrogens is 332 g/mol. The maximum absolute atomic E-state index is 11.5. The Bertz CT molecular complexity index is 625. The number of anilines is 1. The second kappa shape index (κ2) is 8.59. The maximum atomic E-state index is 11.5. The van der Waals surface area contributed by atoms with Crippen molar-refractivity contribution in [3.63, 3.8) is 0 Å². The molecule has 1 saturated heterocycles. The minimum atomic E-state index is -0.877. The summed E-state index contributed by atoms with van der Waals surface area (Å²) in [7, 11) is 0. The Morgan fingerprint density at radius 2 is 2.12 bits per heavy atom. The van der Waals surface area contributed by atoms with Crippen molar-refractivity contribution in [1.82, 2.24) is 4.90 Å². The third kappa shape index (κ3) is 5.16. The van der Waals surface area contributed by atoms with E-state index < -0.39 is 12.1 Å². The predicted octanol–water partition coefficient (Wildman–Crippen LogP) is 3.47. The molecule has 1 aromatic rings. The van der Waals surface area contributed by atoms with E-state index in [1.165, 1.54) is 11.0 Å². The molecule has 0 saturated carbocycles. The number of carbonyl (C=O) groups is 2. The van der Waals surface area contributed by atoms with Gasteiger partial charge in [0.2, 0.25) is 0 Å². The number of ether oxygens (including phenoxy) is 1. The minimum absolute atomic E-state index is 0.177. The summed E-state index contributed by atoms with van der Waals surface area (Å²) in [4.78, 5) is 23.8. The third-order valence-electron chi connectivity index (χ3n) is 3.82. The van der Waals surface area contributed by atoms with E-state index in [-0.39, 0.29) is 6.04 Å². The number of carbonyl (C=O) groups excluding carboxylic acids is 1. The van der Waals surface area contributed by atoms with Crippen molar-refractivity contribution in [3.05, 3.63) is 34.9 Å². The molecule has 0 aliphatic carbocycles. The molecule has 0 radical (unpaired) electrons. The number of carboxylic acid groups (broad SMARTS) is 1. The highest BCUT2D eigenvalue weighted by atomic mass is 35.5. The summed E-state index contributed by atoms with van der Waals surface area (Å²) in [5, 5.41) is 13.0. The summed E-state index contributed by atoms with van der Waals surface area (Å²) < 4.78 is 4.88. The number of amides is 1. The van der Waals surface area contributed by atoms with Crippen LogP contribution in [0.25, 0.3) is 6.08 Å². The van der Waals surface area contributed by atoms with E-state index in [2.05, 4.69) is 5.32 Å². The van der Waals surface area contributed by atoms with Gasteiger partial charge in [0.05, 0.1) is 6.61 Å². The molecule has 1 fully saturated rings. The number of piperidine rings is 1. The third-order valence-corrected chi connectivity index (χ3v) is 4.06. The number of nitrogens with one attached hydrogen (secondary N) is 1. The first kappa shape index (κ1) is 18.1. The summed E-state index contributed by atoms with van der Waals surface area (Å²) in [6.45, 7) is 3.09. The van der Waals surface area contributed by atoms with Gasteiger partial charge in [0.25, 0.3) is 0 Å². The number of hydrogen-bond donors (Lipinski definition) is 2. The lowest BCUT2D eigenvalue weighted by Crippen LogP contribution is -2.41. The molecule has 0 atom stereocenters. The van der Waals surface area contributed by atoms with Crippen LogP contribution < -0.4 is 5.32 Å². The number of nitrogens with zero attached hydrogens (tertiary/aromatic N) is 1. The highest BCUT2D eigenvalue weighted by Crippen LogP contribution is 2.25. The van der Waals surface area contributed by atoms with Gasteiger partial charge >= 0.3 is 12.1 Å².